The van der Waals surface area contributed by atoms with E-state index in [4.69, 9.17) is 0 Å². The van der Waals surface area contributed by atoms with Crippen LogP contribution in [0.2, 0.25) is 0 Å². The van der Waals surface area contributed by atoms with Crippen molar-refractivity contribution in [2.45, 2.75) is 0 Å². The van der Waals surface area contributed by atoms with Crippen LogP contribution in [0.25, 0.3) is 42.6 Å². The molecule has 4 heteroatoms. The van der Waals surface area contributed by atoms with Crippen LogP contribution in [0.15, 0.2) is 67.0 Å². The van der Waals surface area contributed by atoms with Gasteiger partial charge in [-0.05, 0) is 36.4 Å². The van der Waals surface area contributed by atoms with E-state index >= 15 is 0 Å². The summed E-state index contributed by atoms with van der Waals surface area (Å²) in [6.45, 7) is 0. The Balaban J connectivity index is 1.73. The molecule has 0 saturated carbocycles. The molecular formula is C19H11N3S. The third-order valence-corrected chi connectivity index (χ3v) is 5.12. The molecule has 0 aliphatic rings. The highest BCUT2D eigenvalue weighted by atomic mass is 32.1. The second-order valence-corrected chi connectivity index (χ2v) is 6.49. The lowest BCUT2D eigenvalue weighted by atomic mass is 10.1. The van der Waals surface area contributed by atoms with Crippen LogP contribution in [0.4, 0.5) is 0 Å². The molecule has 108 valence electrons. The van der Waals surface area contributed by atoms with Crippen LogP contribution in [0.5, 0.6) is 0 Å². The van der Waals surface area contributed by atoms with Crippen LogP contribution in [-0.2, 0) is 0 Å². The van der Waals surface area contributed by atoms with E-state index in [0.717, 1.165) is 22.4 Å². The second-order valence-electron chi connectivity index (χ2n) is 5.40. The Morgan fingerprint density at radius 2 is 1.65 bits per heavy atom. The summed E-state index contributed by atoms with van der Waals surface area (Å²) in [5.41, 5.74) is 3.57. The van der Waals surface area contributed by atoms with Crippen LogP contribution in [0.1, 0.15) is 0 Å². The minimum atomic E-state index is 0.879. The highest BCUT2D eigenvalue weighted by Crippen LogP contribution is 2.34. The number of benzene rings is 1. The van der Waals surface area contributed by atoms with E-state index in [2.05, 4.69) is 45.3 Å². The first-order valence-corrected chi connectivity index (χ1v) is 8.19. The maximum absolute atomic E-state index is 4.69. The van der Waals surface area contributed by atoms with Crippen molar-refractivity contribution in [1.82, 2.24) is 15.0 Å². The Hall–Kier alpha value is -2.85. The van der Waals surface area contributed by atoms with Gasteiger partial charge in [0.15, 0.2) is 0 Å². The second kappa shape index (κ2) is 4.83. The summed E-state index contributed by atoms with van der Waals surface area (Å²) in [7, 11) is 0. The summed E-state index contributed by atoms with van der Waals surface area (Å²) in [6, 6.07) is 18.4. The molecular weight excluding hydrogens is 302 g/mol. The van der Waals surface area contributed by atoms with Gasteiger partial charge in [-0.3, -0.25) is 9.97 Å². The molecule has 0 atom stereocenters. The molecule has 23 heavy (non-hydrogen) atoms. The van der Waals surface area contributed by atoms with Gasteiger partial charge in [0.2, 0.25) is 0 Å². The number of pyridine rings is 3. The first-order chi connectivity index (χ1) is 11.4. The Kier molecular flexibility index (Phi) is 2.66. The van der Waals surface area contributed by atoms with E-state index in [1.165, 1.54) is 20.2 Å². The molecule has 0 fully saturated rings. The molecule has 5 rings (SSSR count). The molecule has 3 nitrogen and oxygen atoms in total. The van der Waals surface area contributed by atoms with Gasteiger partial charge in [0.1, 0.15) is 0 Å². The molecule has 0 aliphatic carbocycles. The summed E-state index contributed by atoms with van der Waals surface area (Å²) in [4.78, 5) is 13.6. The van der Waals surface area contributed by atoms with E-state index in [0.29, 0.717) is 0 Å². The number of nitrogens with zero attached hydrogens (tertiary/aromatic N) is 3. The molecule has 4 heterocycles. The lowest BCUT2D eigenvalue weighted by Crippen LogP contribution is -1.89. The average Bonchev–Trinajstić information content (AvgIpc) is 2.99. The highest BCUT2D eigenvalue weighted by Gasteiger charge is 2.08. The predicted octanol–water partition coefficient (Wildman–Crippen LogP) is 5.06. The zero-order valence-corrected chi connectivity index (χ0v) is 12.9. The fraction of sp³-hybridized carbons (Fsp3) is 0. The zero-order valence-electron chi connectivity index (χ0n) is 12.1. The van der Waals surface area contributed by atoms with Gasteiger partial charge in [-0.1, -0.05) is 18.2 Å². The summed E-state index contributed by atoms with van der Waals surface area (Å²) < 4.78 is 2.53. The predicted molar refractivity (Wildman–Crippen MR) is 95.7 cm³/mol. The smallest absolute Gasteiger partial charge is 0.0900 e. The monoisotopic (exact) mass is 313 g/mol. The van der Waals surface area contributed by atoms with E-state index in [9.17, 15) is 0 Å². The molecule has 0 radical (unpaired) electrons. The van der Waals surface area contributed by atoms with Gasteiger partial charge in [-0.15, -0.1) is 11.3 Å². The average molecular weight is 313 g/mol. The number of hydrogen-bond donors (Lipinski definition) is 0. The molecule has 0 bridgehead atoms. The molecule has 0 saturated heterocycles. The third-order valence-electron chi connectivity index (χ3n) is 3.98. The van der Waals surface area contributed by atoms with Crippen LogP contribution in [-0.4, -0.2) is 15.0 Å². The number of rotatable bonds is 1. The summed E-state index contributed by atoms with van der Waals surface area (Å²) in [6.07, 6.45) is 3.74. The Morgan fingerprint density at radius 3 is 2.65 bits per heavy atom. The van der Waals surface area contributed by atoms with Crippen molar-refractivity contribution < 1.29 is 0 Å². The van der Waals surface area contributed by atoms with E-state index in [-0.39, 0.29) is 0 Å². The van der Waals surface area contributed by atoms with Crippen LogP contribution in [0.3, 0.4) is 0 Å². The Morgan fingerprint density at radius 1 is 0.696 bits per heavy atom. The first kappa shape index (κ1) is 12.7. The fourth-order valence-corrected chi connectivity index (χ4v) is 3.97. The molecule has 0 aliphatic heterocycles. The lowest BCUT2D eigenvalue weighted by Gasteiger charge is -2.02. The van der Waals surface area contributed by atoms with Crippen LogP contribution < -0.4 is 0 Å². The van der Waals surface area contributed by atoms with E-state index < -0.39 is 0 Å². The normalized spacial score (nSPS) is 11.5. The highest BCUT2D eigenvalue weighted by molar-refractivity contribution is 7.25. The lowest BCUT2D eigenvalue weighted by molar-refractivity contribution is 1.28. The summed E-state index contributed by atoms with van der Waals surface area (Å²) >= 11 is 1.79. The van der Waals surface area contributed by atoms with Gasteiger partial charge < -0.3 is 0 Å². The van der Waals surface area contributed by atoms with Gasteiger partial charge in [0.25, 0.3) is 0 Å². The van der Waals surface area contributed by atoms with Gasteiger partial charge in [-0.25, -0.2) is 4.98 Å². The number of thiophene rings is 1. The third kappa shape index (κ3) is 1.99. The van der Waals surface area contributed by atoms with Gasteiger partial charge >= 0.3 is 0 Å². The van der Waals surface area contributed by atoms with E-state index in [1.807, 2.05) is 30.5 Å². The fourth-order valence-electron chi connectivity index (χ4n) is 2.86. The van der Waals surface area contributed by atoms with Gasteiger partial charge in [0.05, 0.1) is 22.4 Å². The van der Waals surface area contributed by atoms with E-state index in [1.54, 1.807) is 17.5 Å². The zero-order chi connectivity index (χ0) is 15.2. The molecule has 0 spiro atoms. The van der Waals surface area contributed by atoms with Crippen LogP contribution >= 0.6 is 11.3 Å². The van der Waals surface area contributed by atoms with Crippen molar-refractivity contribution in [2.24, 2.45) is 0 Å². The summed E-state index contributed by atoms with van der Waals surface area (Å²) in [5, 5.41) is 2.47. The number of hydrogen-bond acceptors (Lipinski definition) is 4. The van der Waals surface area contributed by atoms with Crippen molar-refractivity contribution in [3.05, 3.63) is 67.0 Å². The van der Waals surface area contributed by atoms with Crippen molar-refractivity contribution in [3.8, 4) is 11.4 Å². The maximum atomic E-state index is 4.69. The van der Waals surface area contributed by atoms with Crippen molar-refractivity contribution in [2.75, 3.05) is 0 Å². The largest absolute Gasteiger partial charge is 0.255 e. The Bertz CT molecular complexity index is 1180. The first-order valence-electron chi connectivity index (χ1n) is 7.38. The van der Waals surface area contributed by atoms with Gasteiger partial charge in [-0.2, -0.15) is 0 Å². The van der Waals surface area contributed by atoms with Crippen molar-refractivity contribution in [3.63, 3.8) is 0 Å². The molecule has 0 amide bonds. The molecule has 0 unspecified atom stereocenters. The minimum absolute atomic E-state index is 0.879. The Labute approximate surface area is 136 Å². The molecule has 1 aromatic carbocycles. The quantitative estimate of drug-likeness (QED) is 0.434. The molecule has 4 aromatic heterocycles. The van der Waals surface area contributed by atoms with Gasteiger partial charge in [0, 0.05) is 32.6 Å². The standard InChI is InChI=1S/C19H11N3S/c1-2-6-18-12(4-1)13-11-21-17(10-19(13)23-18)16-8-7-14-15(22-16)5-3-9-20-14/h1-11H. The molecule has 0 N–H and O–H groups in total. The maximum Gasteiger partial charge on any atom is 0.0900 e. The van der Waals surface area contributed by atoms with Crippen molar-refractivity contribution in [1.29, 1.82) is 0 Å². The SMILES string of the molecule is c1cnc2ccc(-c3cc4sc5ccccc5c4cn3)nc2c1. The number of aromatic nitrogens is 3. The van der Waals surface area contributed by atoms with Crippen LogP contribution in [0, 0.1) is 0 Å². The van der Waals surface area contributed by atoms with Crippen molar-refractivity contribution >= 4 is 42.5 Å². The number of fused-ring (bicyclic) bond motifs is 4. The molecule has 5 aromatic rings. The summed E-state index contributed by atoms with van der Waals surface area (Å²) in [5.74, 6) is 0. The topological polar surface area (TPSA) is 38.7 Å². The minimum Gasteiger partial charge on any atom is -0.255 e.